The average molecular weight is 349 g/mol. The van der Waals surface area contributed by atoms with Crippen molar-refractivity contribution in [3.05, 3.63) is 40.2 Å². The molecule has 0 spiro atoms. The molecule has 0 unspecified atom stereocenters. The molecule has 2 aromatic heterocycles. The van der Waals surface area contributed by atoms with Crippen LogP contribution in [0.1, 0.15) is 41.3 Å². The van der Waals surface area contributed by atoms with E-state index in [2.05, 4.69) is 10.3 Å². The minimum atomic E-state index is -0.281. The first-order chi connectivity index (χ1) is 11.7. The molecule has 7 heteroatoms. The third-order valence-electron chi connectivity index (χ3n) is 4.24. The summed E-state index contributed by atoms with van der Waals surface area (Å²) >= 11 is 1.66. The first-order valence-electron chi connectivity index (χ1n) is 8.17. The number of aromatic nitrogens is 1. The second kappa shape index (κ2) is 7.81. The van der Waals surface area contributed by atoms with Crippen LogP contribution in [0.5, 0.6) is 0 Å². The van der Waals surface area contributed by atoms with Gasteiger partial charge in [0.2, 0.25) is 0 Å². The normalized spacial score (nSPS) is 19.2. The number of furan rings is 1. The van der Waals surface area contributed by atoms with E-state index in [4.69, 9.17) is 9.15 Å². The highest BCUT2D eigenvalue weighted by Gasteiger charge is 2.28. The molecule has 1 aliphatic rings. The molecule has 0 aromatic carbocycles. The molecule has 1 N–H and O–H groups in total. The molecule has 24 heavy (non-hydrogen) atoms. The predicted octanol–water partition coefficient (Wildman–Crippen LogP) is 3.32. The van der Waals surface area contributed by atoms with Crippen LogP contribution in [-0.2, 0) is 4.74 Å². The topological polar surface area (TPSA) is 67.6 Å². The van der Waals surface area contributed by atoms with Crippen molar-refractivity contribution in [1.82, 2.24) is 15.2 Å². The third-order valence-corrected chi connectivity index (χ3v) is 5.18. The maximum absolute atomic E-state index is 12.7. The Labute approximate surface area is 145 Å². The van der Waals surface area contributed by atoms with Crippen molar-refractivity contribution < 1.29 is 13.9 Å². The van der Waals surface area contributed by atoms with Gasteiger partial charge in [0.1, 0.15) is 17.6 Å². The van der Waals surface area contributed by atoms with Crippen LogP contribution in [0.4, 0.5) is 4.79 Å². The van der Waals surface area contributed by atoms with E-state index < -0.39 is 0 Å². The fourth-order valence-electron chi connectivity index (χ4n) is 3.04. The lowest BCUT2D eigenvalue weighted by Gasteiger charge is -2.32. The van der Waals surface area contributed by atoms with E-state index >= 15 is 0 Å². The first kappa shape index (κ1) is 17.0. The van der Waals surface area contributed by atoms with Crippen molar-refractivity contribution in [3.8, 4) is 0 Å². The Bertz CT molecular complexity index is 656. The van der Waals surface area contributed by atoms with Crippen molar-refractivity contribution in [1.29, 1.82) is 0 Å². The van der Waals surface area contributed by atoms with Crippen LogP contribution in [0.2, 0.25) is 0 Å². The van der Waals surface area contributed by atoms with Crippen molar-refractivity contribution in [3.63, 3.8) is 0 Å². The van der Waals surface area contributed by atoms with Gasteiger partial charge < -0.3 is 19.4 Å². The summed E-state index contributed by atoms with van der Waals surface area (Å²) in [5, 5.41) is 6.14. The van der Waals surface area contributed by atoms with E-state index in [0.717, 1.165) is 35.9 Å². The van der Waals surface area contributed by atoms with Gasteiger partial charge in [-0.2, -0.15) is 0 Å². The smallest absolute Gasteiger partial charge is 0.318 e. The summed E-state index contributed by atoms with van der Waals surface area (Å²) in [6, 6.07) is 3.42. The fraction of sp³-hybridized carbons (Fsp3) is 0.529. The van der Waals surface area contributed by atoms with Gasteiger partial charge in [-0.05, 0) is 31.9 Å². The second-order valence-electron chi connectivity index (χ2n) is 6.06. The van der Waals surface area contributed by atoms with Gasteiger partial charge in [-0.3, -0.25) is 0 Å². The quantitative estimate of drug-likeness (QED) is 0.899. The molecular formula is C17H23N3O3S. The van der Waals surface area contributed by atoms with Crippen LogP contribution in [-0.4, -0.2) is 42.7 Å². The summed E-state index contributed by atoms with van der Waals surface area (Å²) < 4.78 is 10.9. The third kappa shape index (κ3) is 3.96. The summed E-state index contributed by atoms with van der Waals surface area (Å²) in [5.74, 6) is 1.87. The highest BCUT2D eigenvalue weighted by atomic mass is 32.1. The Hall–Kier alpha value is -1.86. The molecule has 0 aliphatic carbocycles. The Morgan fingerprint density at radius 2 is 2.46 bits per heavy atom. The molecule has 0 saturated carbocycles. The molecule has 3 rings (SSSR count). The molecular weight excluding hydrogens is 326 g/mol. The number of urea groups is 1. The van der Waals surface area contributed by atoms with Gasteiger partial charge in [0.15, 0.2) is 0 Å². The number of likely N-dealkylation sites (tertiary alicyclic amines) is 1. The van der Waals surface area contributed by atoms with Crippen molar-refractivity contribution >= 4 is 17.4 Å². The number of methoxy groups -OCH3 is 1. The second-order valence-corrected chi connectivity index (χ2v) is 6.99. The Morgan fingerprint density at radius 1 is 1.58 bits per heavy atom. The lowest BCUT2D eigenvalue weighted by Crippen LogP contribution is -2.46. The van der Waals surface area contributed by atoms with Crippen molar-refractivity contribution in [2.75, 3.05) is 26.8 Å². The Kier molecular flexibility index (Phi) is 5.52. The van der Waals surface area contributed by atoms with Crippen LogP contribution in [0.15, 0.2) is 28.1 Å². The summed E-state index contributed by atoms with van der Waals surface area (Å²) in [4.78, 5) is 18.9. The van der Waals surface area contributed by atoms with E-state index in [9.17, 15) is 4.79 Å². The summed E-state index contributed by atoms with van der Waals surface area (Å²) in [6.07, 6.45) is 3.90. The highest BCUT2D eigenvalue weighted by Crippen LogP contribution is 2.28. The van der Waals surface area contributed by atoms with Crippen LogP contribution < -0.4 is 5.32 Å². The number of nitrogens with zero attached hydrogens (tertiary/aromatic N) is 2. The number of piperidine rings is 1. The number of rotatable bonds is 5. The molecule has 0 bridgehead atoms. The molecule has 1 fully saturated rings. The predicted molar refractivity (Wildman–Crippen MR) is 92.3 cm³/mol. The van der Waals surface area contributed by atoms with Gasteiger partial charge >= 0.3 is 6.03 Å². The van der Waals surface area contributed by atoms with Gasteiger partial charge in [0.05, 0.1) is 11.6 Å². The first-order valence-corrected chi connectivity index (χ1v) is 9.05. The molecule has 6 nitrogen and oxygen atoms in total. The number of thiazole rings is 1. The number of ether oxygens (including phenoxy) is 1. The Balaban J connectivity index is 1.64. The zero-order valence-electron chi connectivity index (χ0n) is 14.0. The molecule has 1 aliphatic heterocycles. The van der Waals surface area contributed by atoms with Gasteiger partial charge in [-0.25, -0.2) is 9.78 Å². The highest BCUT2D eigenvalue weighted by molar-refractivity contribution is 7.09. The van der Waals surface area contributed by atoms with Gasteiger partial charge in [0, 0.05) is 37.7 Å². The van der Waals surface area contributed by atoms with Gasteiger partial charge in [-0.15, -0.1) is 11.3 Å². The molecule has 2 aromatic rings. The van der Waals surface area contributed by atoms with E-state index in [0.29, 0.717) is 19.1 Å². The van der Waals surface area contributed by atoms with E-state index in [1.807, 2.05) is 35.5 Å². The number of carbonyl (C=O) groups excluding carboxylic acids is 1. The number of hydrogen-bond donors (Lipinski definition) is 1. The van der Waals surface area contributed by atoms with E-state index in [-0.39, 0.29) is 12.1 Å². The Morgan fingerprint density at radius 3 is 3.12 bits per heavy atom. The van der Waals surface area contributed by atoms with Crippen LogP contribution in [0.25, 0.3) is 0 Å². The van der Waals surface area contributed by atoms with Crippen LogP contribution in [0.3, 0.4) is 0 Å². The maximum atomic E-state index is 12.7. The summed E-state index contributed by atoms with van der Waals surface area (Å²) in [5.41, 5.74) is 0. The lowest BCUT2D eigenvalue weighted by molar-refractivity contribution is 0.141. The number of nitrogens with one attached hydrogen (secondary N) is 1. The number of aryl methyl sites for hydroxylation is 1. The molecule has 0 radical (unpaired) electrons. The number of hydrogen-bond acceptors (Lipinski definition) is 5. The molecule has 2 amide bonds. The summed E-state index contributed by atoms with van der Waals surface area (Å²) in [6.45, 7) is 3.74. The molecule has 3 heterocycles. The zero-order chi connectivity index (χ0) is 16.9. The maximum Gasteiger partial charge on any atom is 0.318 e. The largest absolute Gasteiger partial charge is 0.464 e. The SMILES string of the molecule is COC[C@H](NC(=O)N1CCC[C@H](c2nccs2)C1)c1ccc(C)o1. The summed E-state index contributed by atoms with van der Waals surface area (Å²) in [7, 11) is 1.62. The minimum Gasteiger partial charge on any atom is -0.464 e. The average Bonchev–Trinajstić information content (AvgIpc) is 3.26. The minimum absolute atomic E-state index is 0.0765. The van der Waals surface area contributed by atoms with Crippen LogP contribution in [0, 0.1) is 6.92 Å². The standard InChI is InChI=1S/C17H23N3O3S/c1-12-5-6-15(23-12)14(11-22-2)19-17(21)20-8-3-4-13(10-20)16-18-7-9-24-16/h5-7,9,13-14H,3-4,8,10-11H2,1-2H3,(H,19,21)/t13-,14-/m0/s1. The lowest BCUT2D eigenvalue weighted by atomic mass is 9.99. The molecule has 1 saturated heterocycles. The van der Waals surface area contributed by atoms with E-state index in [1.54, 1.807) is 18.4 Å². The monoisotopic (exact) mass is 349 g/mol. The number of amides is 2. The van der Waals surface area contributed by atoms with Gasteiger partial charge in [-0.1, -0.05) is 0 Å². The number of carbonyl (C=O) groups is 1. The molecule has 2 atom stereocenters. The zero-order valence-corrected chi connectivity index (χ0v) is 14.8. The van der Waals surface area contributed by atoms with Crippen molar-refractivity contribution in [2.45, 2.75) is 31.7 Å². The molecule has 130 valence electrons. The van der Waals surface area contributed by atoms with Crippen molar-refractivity contribution in [2.24, 2.45) is 0 Å². The van der Waals surface area contributed by atoms with Gasteiger partial charge in [0.25, 0.3) is 0 Å². The fourth-order valence-corrected chi connectivity index (χ4v) is 3.81. The van der Waals surface area contributed by atoms with E-state index in [1.165, 1.54) is 0 Å². The van der Waals surface area contributed by atoms with Crippen LogP contribution >= 0.6 is 11.3 Å².